The second kappa shape index (κ2) is 17.0. The molecule has 5 unspecified atom stereocenters. The summed E-state index contributed by atoms with van der Waals surface area (Å²) in [5.41, 5.74) is 9.33. The van der Waals surface area contributed by atoms with Gasteiger partial charge >= 0.3 is 5.97 Å². The van der Waals surface area contributed by atoms with E-state index in [0.29, 0.717) is 43.2 Å². The molecule has 5 rings (SSSR count). The number of hydrogen-bond acceptors (Lipinski definition) is 6. The van der Waals surface area contributed by atoms with Crippen LogP contribution in [-0.2, 0) is 9.59 Å². The molecule has 0 fully saturated rings. The van der Waals surface area contributed by atoms with E-state index in [4.69, 9.17) is 16.2 Å². The van der Waals surface area contributed by atoms with Gasteiger partial charge in [-0.15, -0.1) is 0 Å². The molecule has 0 radical (unpaired) electrons. The lowest BCUT2D eigenvalue weighted by Crippen LogP contribution is -2.47. The van der Waals surface area contributed by atoms with E-state index >= 15 is 0 Å². The summed E-state index contributed by atoms with van der Waals surface area (Å²) in [6, 6.07) is 16.2. The minimum Gasteiger partial charge on any atom is -0.478 e. The van der Waals surface area contributed by atoms with Crippen LogP contribution < -0.4 is 11.1 Å². The van der Waals surface area contributed by atoms with Crippen molar-refractivity contribution < 1.29 is 19.8 Å². The van der Waals surface area contributed by atoms with Gasteiger partial charge in [0.1, 0.15) is 6.29 Å². The molecular weight excluding hydrogens is 590 g/mol. The van der Waals surface area contributed by atoms with Gasteiger partial charge in [0.2, 0.25) is 0 Å². The van der Waals surface area contributed by atoms with Crippen LogP contribution in [-0.4, -0.2) is 58.6 Å². The number of hydrogen-bond donors (Lipinski definition) is 5. The van der Waals surface area contributed by atoms with Gasteiger partial charge in [0.05, 0.1) is 6.04 Å². The predicted octanol–water partition coefficient (Wildman–Crippen LogP) is 6.97. The van der Waals surface area contributed by atoms with Crippen molar-refractivity contribution in [1.29, 1.82) is 0 Å². The summed E-state index contributed by atoms with van der Waals surface area (Å²) in [5, 5.41) is 29.8. The normalized spacial score (nSPS) is 20.6. The fourth-order valence-corrected chi connectivity index (χ4v) is 7.23. The number of benzene rings is 2. The second-order valence-electron chi connectivity index (χ2n) is 12.9. The van der Waals surface area contributed by atoms with Crippen molar-refractivity contribution in [2.75, 3.05) is 13.2 Å². The van der Waals surface area contributed by atoms with Crippen molar-refractivity contribution >= 4 is 40.9 Å². The molecular formula is C38H48N5O4-. The van der Waals surface area contributed by atoms with Gasteiger partial charge in [0.25, 0.3) is 0 Å². The van der Waals surface area contributed by atoms with Crippen LogP contribution in [0.3, 0.4) is 0 Å². The van der Waals surface area contributed by atoms with Crippen LogP contribution >= 0.6 is 0 Å². The number of carboxylic acids is 1. The number of rotatable bonds is 18. The van der Waals surface area contributed by atoms with Crippen molar-refractivity contribution in [3.63, 3.8) is 0 Å². The molecule has 9 heteroatoms. The minimum absolute atomic E-state index is 0.0313. The van der Waals surface area contributed by atoms with E-state index in [0.717, 1.165) is 51.2 Å². The molecule has 1 aliphatic carbocycles. The molecule has 2 aliphatic rings. The Balaban J connectivity index is 1.38. The number of guanidine groups is 1. The maximum Gasteiger partial charge on any atom is 0.328 e. The van der Waals surface area contributed by atoms with Gasteiger partial charge in [-0.25, -0.2) is 4.79 Å². The van der Waals surface area contributed by atoms with Crippen molar-refractivity contribution in [3.8, 4) is 0 Å². The molecule has 1 aromatic heterocycles. The number of nitrogens with zero attached hydrogens (tertiary/aromatic N) is 2. The largest absolute Gasteiger partial charge is 0.478 e. The zero-order chi connectivity index (χ0) is 33.0. The average Bonchev–Trinajstić information content (AvgIpc) is 3.59. The first-order chi connectivity index (χ1) is 22.9. The van der Waals surface area contributed by atoms with E-state index < -0.39 is 12.0 Å². The number of allylic oxidation sites excluding steroid dienone is 1. The first kappa shape index (κ1) is 34.0. The number of carbonyl (C=O) groups is 2. The number of nitrogens with two attached hydrogens (primary N) is 1. The van der Waals surface area contributed by atoms with Crippen molar-refractivity contribution in [3.05, 3.63) is 88.9 Å². The number of aromatic amines is 1. The maximum atomic E-state index is 12.2. The smallest absolute Gasteiger partial charge is 0.328 e. The Bertz CT molecular complexity index is 1560. The van der Waals surface area contributed by atoms with Crippen LogP contribution in [0.2, 0.25) is 0 Å². The lowest BCUT2D eigenvalue weighted by molar-refractivity contribution is -0.131. The molecule has 9 nitrogen and oxygen atoms in total. The number of carboxylic acid groups (broad SMARTS) is 1. The molecule has 3 aromatic rings. The second-order valence-corrected chi connectivity index (χ2v) is 12.9. The Hall–Kier alpha value is -4.37. The van der Waals surface area contributed by atoms with Gasteiger partial charge in [0.15, 0.2) is 5.96 Å². The van der Waals surface area contributed by atoms with E-state index in [1.165, 1.54) is 28.0 Å². The lowest BCUT2D eigenvalue weighted by atomic mass is 9.72. The van der Waals surface area contributed by atoms with Crippen LogP contribution in [0.25, 0.3) is 22.2 Å². The fourth-order valence-electron chi connectivity index (χ4n) is 7.23. The summed E-state index contributed by atoms with van der Waals surface area (Å²) in [5.74, 6) is 0.431. The minimum atomic E-state index is -1.00. The highest BCUT2D eigenvalue weighted by atomic mass is 16.4. The number of carbonyl (C=O) groups excluding carboxylic acids is 1. The molecule has 47 heavy (non-hydrogen) atoms. The third-order valence-corrected chi connectivity index (χ3v) is 9.63. The number of aldehydes is 1. The molecule has 0 amide bonds. The third-order valence-electron chi connectivity index (χ3n) is 9.63. The summed E-state index contributed by atoms with van der Waals surface area (Å²) in [7, 11) is 0. The zero-order valence-electron chi connectivity index (χ0n) is 27.1. The number of H-pyrrole nitrogens is 1. The number of aliphatic hydroxyl groups is 1. The molecule has 2 aromatic carbocycles. The van der Waals surface area contributed by atoms with E-state index in [2.05, 4.69) is 63.8 Å². The average molecular weight is 639 g/mol. The van der Waals surface area contributed by atoms with Gasteiger partial charge in [-0.1, -0.05) is 92.3 Å². The molecule has 2 heterocycles. The highest BCUT2D eigenvalue weighted by molar-refractivity contribution is 5.87. The number of aliphatic carboxylic acids is 1. The summed E-state index contributed by atoms with van der Waals surface area (Å²) in [4.78, 5) is 31.1. The standard InChI is InChI=1S/C38H48N5O4/c39-38-41-19-17-34(43-38)33(24-37(46)47)35(42-36-14-7-18-40-36)23-30-16-15-29-21-27-11-5-6-12-28(27)22-32(29)31(30)13-4-2-1-3-9-26(25-45)10-8-20-44/h5-7,11-12,14-16,18,21-22,24-26,30-31,34-35,40,44H,1-4,8-10,13,17,19-20,23H2,(H,46,47)(H3,39,41,43)/q-1. The molecule has 0 saturated carbocycles. The summed E-state index contributed by atoms with van der Waals surface area (Å²) >= 11 is 0. The fraction of sp³-hybridized carbons (Fsp3) is 0.447. The number of fused-ring (bicyclic) bond motifs is 2. The highest BCUT2D eigenvalue weighted by Gasteiger charge is 2.31. The molecule has 0 spiro atoms. The Kier molecular flexibility index (Phi) is 12.3. The van der Waals surface area contributed by atoms with Crippen molar-refractivity contribution in [1.82, 2.24) is 10.3 Å². The lowest BCUT2D eigenvalue weighted by Gasteiger charge is -2.39. The zero-order valence-corrected chi connectivity index (χ0v) is 27.1. The molecule has 250 valence electrons. The van der Waals surface area contributed by atoms with Crippen LogP contribution in [0, 0.1) is 11.8 Å². The van der Waals surface area contributed by atoms with Gasteiger partial charge in [0, 0.05) is 25.1 Å². The monoisotopic (exact) mass is 638 g/mol. The Morgan fingerprint density at radius 3 is 2.57 bits per heavy atom. The molecule has 0 saturated heterocycles. The van der Waals surface area contributed by atoms with Gasteiger partial charge in [-0.05, 0) is 89.9 Å². The highest BCUT2D eigenvalue weighted by Crippen LogP contribution is 2.44. The molecule has 0 bridgehead atoms. The number of aliphatic imine (C=N–C) groups is 1. The van der Waals surface area contributed by atoms with Crippen molar-refractivity contribution in [2.24, 2.45) is 22.6 Å². The number of aliphatic hydroxyl groups excluding tert-OH is 1. The van der Waals surface area contributed by atoms with Crippen LogP contribution in [0.5, 0.6) is 0 Å². The van der Waals surface area contributed by atoms with E-state index in [-0.39, 0.29) is 30.4 Å². The van der Waals surface area contributed by atoms with Crippen LogP contribution in [0.4, 0.5) is 5.82 Å². The van der Waals surface area contributed by atoms with Gasteiger partial charge in [-0.2, -0.15) is 0 Å². The number of aromatic nitrogens is 1. The first-order valence-corrected chi connectivity index (χ1v) is 17.1. The number of unbranched alkanes of at least 4 members (excludes halogenated alkanes) is 3. The van der Waals surface area contributed by atoms with Gasteiger partial charge in [-0.3, -0.25) is 4.99 Å². The Morgan fingerprint density at radius 2 is 1.85 bits per heavy atom. The quantitative estimate of drug-likeness (QED) is 0.0576. The molecule has 1 aliphatic heterocycles. The summed E-state index contributed by atoms with van der Waals surface area (Å²) in [6.45, 7) is 0.654. The molecule has 5 atom stereocenters. The van der Waals surface area contributed by atoms with E-state index in [9.17, 15) is 14.7 Å². The van der Waals surface area contributed by atoms with E-state index in [1.807, 2.05) is 18.3 Å². The molecule has 6 N–H and O–H groups in total. The summed E-state index contributed by atoms with van der Waals surface area (Å²) < 4.78 is 0. The predicted molar refractivity (Wildman–Crippen MR) is 189 cm³/mol. The van der Waals surface area contributed by atoms with Crippen LogP contribution in [0.1, 0.15) is 81.3 Å². The van der Waals surface area contributed by atoms with E-state index in [1.54, 1.807) is 0 Å². The SMILES string of the molecule is NC1=NCCC(C(=CC(=O)O)C(CC2C=Cc3cc4ccccc4cc3C2CCCCCCC(C=O)CCCO)[N-]c2ccc[nH]2)N1. The van der Waals surface area contributed by atoms with Crippen molar-refractivity contribution in [2.45, 2.75) is 82.2 Å². The summed E-state index contributed by atoms with van der Waals surface area (Å²) in [6.07, 6.45) is 17.5. The topological polar surface area (TPSA) is 155 Å². The maximum absolute atomic E-state index is 12.2. The van der Waals surface area contributed by atoms with Gasteiger partial charge < -0.3 is 36.4 Å². The third kappa shape index (κ3) is 9.35. The first-order valence-electron chi connectivity index (χ1n) is 17.1. The van der Waals surface area contributed by atoms with Crippen LogP contribution in [0.15, 0.2) is 77.4 Å². The Labute approximate surface area is 277 Å². The number of nitrogens with one attached hydrogen (secondary N) is 2. The Morgan fingerprint density at radius 1 is 1.06 bits per heavy atom.